The lowest BCUT2D eigenvalue weighted by Crippen LogP contribution is -1.98. The minimum absolute atomic E-state index is 0.220. The second-order valence-electron chi connectivity index (χ2n) is 5.81. The number of benzene rings is 2. The van der Waals surface area contributed by atoms with Gasteiger partial charge in [0, 0.05) is 5.56 Å². The number of aromatic hydroxyl groups is 1. The summed E-state index contributed by atoms with van der Waals surface area (Å²) in [6.45, 7) is 0. The maximum absolute atomic E-state index is 11.6. The lowest BCUT2D eigenvalue weighted by Gasteiger charge is -2.13. The molecule has 3 rings (SSSR count). The molecule has 25 heavy (non-hydrogen) atoms. The summed E-state index contributed by atoms with van der Waals surface area (Å²) in [6.07, 6.45) is 3.38. The van der Waals surface area contributed by atoms with Crippen molar-refractivity contribution in [3.05, 3.63) is 52.6 Å². The smallest absolute Gasteiger partial charge is 0.203 e. The highest BCUT2D eigenvalue weighted by atomic mass is 16.5. The molecule has 0 aromatic heterocycles. The van der Waals surface area contributed by atoms with E-state index in [0.717, 1.165) is 28.5 Å². The minimum Gasteiger partial charge on any atom is -0.508 e. The zero-order chi connectivity index (χ0) is 18.0. The summed E-state index contributed by atoms with van der Waals surface area (Å²) in [4.78, 5) is 11.6. The molecule has 1 aliphatic rings. The Balaban J connectivity index is 2.07. The van der Waals surface area contributed by atoms with E-state index >= 15 is 0 Å². The van der Waals surface area contributed by atoms with Crippen molar-refractivity contribution >= 4 is 12.4 Å². The van der Waals surface area contributed by atoms with Crippen molar-refractivity contribution in [2.24, 2.45) is 0 Å². The summed E-state index contributed by atoms with van der Waals surface area (Å²) in [5.41, 5.74) is 3.41. The van der Waals surface area contributed by atoms with Gasteiger partial charge in [0.2, 0.25) is 5.75 Å². The third kappa shape index (κ3) is 2.93. The van der Waals surface area contributed by atoms with E-state index in [1.165, 1.54) is 0 Å². The van der Waals surface area contributed by atoms with Crippen LogP contribution in [-0.4, -0.2) is 32.7 Å². The molecule has 0 saturated carbocycles. The highest BCUT2D eigenvalue weighted by Gasteiger charge is 2.29. The van der Waals surface area contributed by atoms with Crippen LogP contribution in [0.5, 0.6) is 23.0 Å². The van der Waals surface area contributed by atoms with Crippen LogP contribution in [-0.2, 0) is 11.2 Å². The number of methoxy groups -OCH3 is 3. The van der Waals surface area contributed by atoms with Crippen LogP contribution in [0.1, 0.15) is 22.6 Å². The average molecular weight is 340 g/mol. The van der Waals surface area contributed by atoms with E-state index in [1.807, 2.05) is 24.3 Å². The normalized spacial score (nSPS) is 17.2. The number of aldehydes is 1. The molecule has 2 aromatic rings. The number of hydrogen-bond acceptors (Lipinski definition) is 5. The average Bonchev–Trinajstić information content (AvgIpc) is 2.99. The van der Waals surface area contributed by atoms with Crippen LogP contribution in [0.2, 0.25) is 0 Å². The fourth-order valence-corrected chi connectivity index (χ4v) is 3.29. The lowest BCUT2D eigenvalue weighted by atomic mass is 9.97. The molecule has 0 radical (unpaired) electrons. The molecule has 5 nitrogen and oxygen atoms in total. The van der Waals surface area contributed by atoms with Crippen LogP contribution in [0.25, 0.3) is 6.08 Å². The van der Waals surface area contributed by atoms with E-state index in [0.29, 0.717) is 23.7 Å². The molecule has 1 N–H and O–H groups in total. The van der Waals surface area contributed by atoms with Crippen molar-refractivity contribution in [3.63, 3.8) is 0 Å². The first kappa shape index (κ1) is 16.9. The maximum atomic E-state index is 11.6. The molecule has 1 unspecified atom stereocenters. The molecule has 1 aliphatic carbocycles. The van der Waals surface area contributed by atoms with Crippen molar-refractivity contribution in [1.82, 2.24) is 0 Å². The number of rotatable bonds is 5. The minimum atomic E-state index is -0.360. The van der Waals surface area contributed by atoms with E-state index in [1.54, 1.807) is 33.5 Å². The predicted octanol–water partition coefficient (Wildman–Crippen LogP) is 3.34. The first-order chi connectivity index (χ1) is 12.1. The number of ether oxygens (including phenoxy) is 3. The quantitative estimate of drug-likeness (QED) is 0.846. The van der Waals surface area contributed by atoms with Crippen LogP contribution in [0.15, 0.2) is 35.9 Å². The number of allylic oxidation sites excluding steroid dienone is 1. The van der Waals surface area contributed by atoms with Crippen molar-refractivity contribution in [1.29, 1.82) is 0 Å². The lowest BCUT2D eigenvalue weighted by molar-refractivity contribution is -0.108. The van der Waals surface area contributed by atoms with Crippen LogP contribution in [0.3, 0.4) is 0 Å². The topological polar surface area (TPSA) is 65.0 Å². The van der Waals surface area contributed by atoms with E-state index in [-0.39, 0.29) is 11.7 Å². The van der Waals surface area contributed by atoms with Gasteiger partial charge < -0.3 is 24.1 Å². The number of phenolic OH excluding ortho intramolecular Hbond substituents is 1. The first-order valence-electron chi connectivity index (χ1n) is 7.89. The van der Waals surface area contributed by atoms with Gasteiger partial charge in [-0.3, -0.25) is 0 Å². The van der Waals surface area contributed by atoms with Gasteiger partial charge in [-0.25, -0.2) is 0 Å². The van der Waals surface area contributed by atoms with Crippen LogP contribution in [0, 0.1) is 0 Å². The van der Waals surface area contributed by atoms with Gasteiger partial charge in [-0.1, -0.05) is 23.8 Å². The van der Waals surface area contributed by atoms with Gasteiger partial charge >= 0.3 is 0 Å². The highest BCUT2D eigenvalue weighted by Crippen LogP contribution is 2.43. The Kier molecular flexibility index (Phi) is 4.65. The van der Waals surface area contributed by atoms with Crippen molar-refractivity contribution in [2.75, 3.05) is 21.3 Å². The Bertz CT molecular complexity index is 813. The van der Waals surface area contributed by atoms with Gasteiger partial charge in [-0.05, 0) is 35.7 Å². The van der Waals surface area contributed by atoms with Gasteiger partial charge in [-0.2, -0.15) is 0 Å². The van der Waals surface area contributed by atoms with E-state index in [9.17, 15) is 9.90 Å². The van der Waals surface area contributed by atoms with Gasteiger partial charge in [0.1, 0.15) is 12.0 Å². The SMILES string of the molecule is COc1cc(/C=C2\Cc3c(O)cccc3C2C=O)cc(OC)c1OC. The largest absolute Gasteiger partial charge is 0.508 e. The summed E-state index contributed by atoms with van der Waals surface area (Å²) in [5, 5.41) is 10.1. The summed E-state index contributed by atoms with van der Waals surface area (Å²) in [5.74, 6) is 1.48. The molecule has 0 saturated heterocycles. The third-order valence-electron chi connectivity index (χ3n) is 4.48. The third-order valence-corrected chi connectivity index (χ3v) is 4.48. The van der Waals surface area contributed by atoms with Crippen LogP contribution >= 0.6 is 0 Å². The van der Waals surface area contributed by atoms with E-state index in [4.69, 9.17) is 14.2 Å². The summed E-state index contributed by atoms with van der Waals surface area (Å²) < 4.78 is 16.1. The molecule has 0 spiro atoms. The van der Waals surface area contributed by atoms with Gasteiger partial charge in [0.25, 0.3) is 0 Å². The van der Waals surface area contributed by atoms with E-state index in [2.05, 4.69) is 0 Å². The molecular formula is C20H20O5. The molecule has 1 atom stereocenters. The number of hydrogen-bond donors (Lipinski definition) is 1. The molecule has 0 aliphatic heterocycles. The fraction of sp³-hybridized carbons (Fsp3) is 0.250. The Morgan fingerprint density at radius 2 is 1.76 bits per heavy atom. The van der Waals surface area contributed by atoms with Crippen molar-refractivity contribution in [3.8, 4) is 23.0 Å². The molecule has 5 heteroatoms. The Labute approximate surface area is 146 Å². The zero-order valence-corrected chi connectivity index (χ0v) is 14.4. The standard InChI is InChI=1S/C20H20O5/c1-23-18-8-12(9-19(24-2)20(18)25-3)7-13-10-15-14(16(13)11-21)5-4-6-17(15)22/h4-9,11,16,22H,10H2,1-3H3/b13-7+. The number of carbonyl (C=O) groups excluding carboxylic acids is 1. The summed E-state index contributed by atoms with van der Waals surface area (Å²) in [6, 6.07) is 8.94. The van der Waals surface area contributed by atoms with Crippen LogP contribution in [0.4, 0.5) is 0 Å². The Morgan fingerprint density at radius 1 is 1.08 bits per heavy atom. The molecule has 0 heterocycles. The molecule has 130 valence electrons. The monoisotopic (exact) mass is 340 g/mol. The molecular weight excluding hydrogens is 320 g/mol. The van der Waals surface area contributed by atoms with Gasteiger partial charge in [0.05, 0.1) is 27.2 Å². The molecule has 2 aromatic carbocycles. The molecule has 0 fully saturated rings. The second kappa shape index (κ2) is 6.89. The summed E-state index contributed by atoms with van der Waals surface area (Å²) >= 11 is 0. The second-order valence-corrected chi connectivity index (χ2v) is 5.81. The maximum Gasteiger partial charge on any atom is 0.203 e. The Morgan fingerprint density at radius 3 is 2.32 bits per heavy atom. The zero-order valence-electron chi connectivity index (χ0n) is 14.4. The molecule has 0 amide bonds. The van der Waals surface area contributed by atoms with Gasteiger partial charge in [-0.15, -0.1) is 0 Å². The number of fused-ring (bicyclic) bond motifs is 1. The van der Waals surface area contributed by atoms with Gasteiger partial charge in [0.15, 0.2) is 11.5 Å². The number of carbonyl (C=O) groups is 1. The Hall–Kier alpha value is -2.95. The predicted molar refractivity (Wildman–Crippen MR) is 94.7 cm³/mol. The summed E-state index contributed by atoms with van der Waals surface area (Å²) in [7, 11) is 4.68. The van der Waals surface area contributed by atoms with Crippen LogP contribution < -0.4 is 14.2 Å². The van der Waals surface area contributed by atoms with E-state index < -0.39 is 0 Å². The highest BCUT2D eigenvalue weighted by molar-refractivity contribution is 5.78. The molecule has 0 bridgehead atoms. The number of phenols is 1. The fourth-order valence-electron chi connectivity index (χ4n) is 3.29. The first-order valence-corrected chi connectivity index (χ1v) is 7.89. The van der Waals surface area contributed by atoms with Crippen molar-refractivity contribution < 1.29 is 24.1 Å². The van der Waals surface area contributed by atoms with Crippen molar-refractivity contribution in [2.45, 2.75) is 12.3 Å².